The highest BCUT2D eigenvalue weighted by molar-refractivity contribution is 5.91. The van der Waals surface area contributed by atoms with E-state index in [1.165, 1.54) is 50.7 Å². The molecule has 0 aliphatic heterocycles. The van der Waals surface area contributed by atoms with Crippen LogP contribution in [0.3, 0.4) is 0 Å². The highest BCUT2D eigenvalue weighted by Gasteiger charge is 2.51. The molecule has 23 heavy (non-hydrogen) atoms. The van der Waals surface area contributed by atoms with Gasteiger partial charge in [-0.3, -0.25) is 14.9 Å². The summed E-state index contributed by atoms with van der Waals surface area (Å²) in [6.45, 7) is 0. The van der Waals surface area contributed by atoms with Crippen LogP contribution in [0, 0.1) is 33.3 Å². The van der Waals surface area contributed by atoms with Crippen LogP contribution in [0.4, 0.5) is 11.4 Å². The van der Waals surface area contributed by atoms with Crippen molar-refractivity contribution < 1.29 is 9.72 Å². The Morgan fingerprint density at radius 1 is 1.17 bits per heavy atom. The zero-order valence-corrected chi connectivity index (χ0v) is 13.2. The summed E-state index contributed by atoms with van der Waals surface area (Å²) in [6.07, 6.45) is 8.26. The Labute approximate surface area is 135 Å². The number of carbonyl (C=O) groups is 1. The van der Waals surface area contributed by atoms with Gasteiger partial charge in [0.25, 0.3) is 5.69 Å². The van der Waals surface area contributed by atoms with E-state index in [0.29, 0.717) is 12.1 Å². The van der Waals surface area contributed by atoms with Crippen LogP contribution in [0.2, 0.25) is 0 Å². The van der Waals surface area contributed by atoms with Crippen molar-refractivity contribution in [2.75, 3.05) is 5.32 Å². The van der Waals surface area contributed by atoms with Gasteiger partial charge in [-0.25, -0.2) is 0 Å². The lowest BCUT2D eigenvalue weighted by Gasteiger charge is -2.56. The van der Waals surface area contributed by atoms with Crippen molar-refractivity contribution in [1.29, 1.82) is 0 Å². The topological polar surface area (TPSA) is 72.2 Å². The summed E-state index contributed by atoms with van der Waals surface area (Å²) in [5.41, 5.74) is 0.728. The van der Waals surface area contributed by atoms with E-state index < -0.39 is 4.92 Å². The van der Waals surface area contributed by atoms with E-state index >= 15 is 0 Å². The third kappa shape index (κ3) is 2.84. The molecular weight excluding hydrogens is 292 g/mol. The van der Waals surface area contributed by atoms with Crippen LogP contribution in [0.5, 0.6) is 0 Å². The number of amides is 1. The summed E-state index contributed by atoms with van der Waals surface area (Å²) >= 11 is 0. The lowest BCUT2D eigenvalue weighted by Crippen LogP contribution is -2.47. The molecule has 0 unspecified atom stereocenters. The van der Waals surface area contributed by atoms with E-state index in [4.69, 9.17) is 0 Å². The van der Waals surface area contributed by atoms with Crippen molar-refractivity contribution in [3.8, 4) is 0 Å². The van der Waals surface area contributed by atoms with Crippen molar-refractivity contribution in [2.45, 2.75) is 44.9 Å². The molecule has 0 saturated heterocycles. The SMILES string of the molecule is O=C(CC12CC3CC(CC(C3)C1)C2)Nc1cccc([N+](=O)[O-])c1. The van der Waals surface area contributed by atoms with Gasteiger partial charge in [-0.1, -0.05) is 6.07 Å². The smallest absolute Gasteiger partial charge is 0.271 e. The third-order valence-electron chi connectivity index (χ3n) is 6.04. The van der Waals surface area contributed by atoms with Crippen molar-refractivity contribution in [3.05, 3.63) is 34.4 Å². The molecule has 0 radical (unpaired) electrons. The molecule has 0 heterocycles. The number of nitrogens with one attached hydrogen (secondary N) is 1. The number of anilines is 1. The highest BCUT2D eigenvalue weighted by atomic mass is 16.6. The molecule has 1 aromatic rings. The van der Waals surface area contributed by atoms with Gasteiger partial charge >= 0.3 is 0 Å². The Kier molecular flexibility index (Phi) is 3.39. The van der Waals surface area contributed by atoms with Gasteiger partial charge in [0.1, 0.15) is 0 Å². The van der Waals surface area contributed by atoms with E-state index in [0.717, 1.165) is 17.8 Å². The monoisotopic (exact) mass is 314 g/mol. The normalized spacial score (nSPS) is 34.3. The Morgan fingerprint density at radius 2 is 1.78 bits per heavy atom. The lowest BCUT2D eigenvalue weighted by molar-refractivity contribution is -0.384. The minimum atomic E-state index is -0.436. The molecule has 1 aromatic carbocycles. The van der Waals surface area contributed by atoms with Gasteiger partial charge in [0.15, 0.2) is 0 Å². The standard InChI is InChI=1S/C18H22N2O3/c21-17(19-15-2-1-3-16(7-15)20(22)23)11-18-8-12-4-13(9-18)6-14(5-12)10-18/h1-3,7,12-14H,4-6,8-11H2,(H,19,21). The Hall–Kier alpha value is -1.91. The number of nitro groups is 1. The van der Waals surface area contributed by atoms with Gasteiger partial charge in [0.2, 0.25) is 5.91 Å². The fraction of sp³-hybridized carbons (Fsp3) is 0.611. The first-order valence-electron chi connectivity index (χ1n) is 8.56. The average molecular weight is 314 g/mol. The summed E-state index contributed by atoms with van der Waals surface area (Å²) in [7, 11) is 0. The zero-order valence-electron chi connectivity index (χ0n) is 13.2. The number of hydrogen-bond donors (Lipinski definition) is 1. The van der Waals surface area contributed by atoms with Crippen LogP contribution in [0.1, 0.15) is 44.9 Å². The predicted octanol–water partition coefficient (Wildman–Crippen LogP) is 4.14. The van der Waals surface area contributed by atoms with Crippen LogP contribution in [-0.4, -0.2) is 10.8 Å². The molecule has 122 valence electrons. The molecule has 4 saturated carbocycles. The Morgan fingerprint density at radius 3 is 2.35 bits per heavy atom. The van der Waals surface area contributed by atoms with E-state index in [1.54, 1.807) is 12.1 Å². The molecular formula is C18H22N2O3. The number of benzene rings is 1. The summed E-state index contributed by atoms with van der Waals surface area (Å²) < 4.78 is 0. The van der Waals surface area contributed by atoms with Gasteiger partial charge < -0.3 is 5.32 Å². The van der Waals surface area contributed by atoms with Crippen molar-refractivity contribution in [3.63, 3.8) is 0 Å². The molecule has 5 heteroatoms. The minimum Gasteiger partial charge on any atom is -0.326 e. The Bertz CT molecular complexity index is 620. The fourth-order valence-corrected chi connectivity index (χ4v) is 5.75. The summed E-state index contributed by atoms with van der Waals surface area (Å²) in [5.74, 6) is 2.48. The highest BCUT2D eigenvalue weighted by Crippen LogP contribution is 2.61. The second-order valence-corrected chi connectivity index (χ2v) is 7.95. The first-order chi connectivity index (χ1) is 11.0. The molecule has 1 N–H and O–H groups in total. The summed E-state index contributed by atoms with van der Waals surface area (Å²) in [5, 5.41) is 13.7. The van der Waals surface area contributed by atoms with E-state index in [2.05, 4.69) is 5.32 Å². The molecule has 5 nitrogen and oxygen atoms in total. The number of non-ortho nitro benzene ring substituents is 1. The molecule has 4 bridgehead atoms. The predicted molar refractivity (Wildman–Crippen MR) is 86.9 cm³/mol. The molecule has 4 fully saturated rings. The van der Waals surface area contributed by atoms with E-state index in [1.807, 2.05) is 0 Å². The number of carbonyl (C=O) groups excluding carboxylic acids is 1. The van der Waals surface area contributed by atoms with Crippen LogP contribution < -0.4 is 5.32 Å². The van der Waals surface area contributed by atoms with Gasteiger partial charge in [-0.15, -0.1) is 0 Å². The van der Waals surface area contributed by atoms with Gasteiger partial charge in [-0.05, 0) is 67.8 Å². The van der Waals surface area contributed by atoms with E-state index in [9.17, 15) is 14.9 Å². The number of rotatable bonds is 4. The first kappa shape index (κ1) is 14.7. The largest absolute Gasteiger partial charge is 0.326 e. The Balaban J connectivity index is 1.44. The second kappa shape index (κ2) is 5.32. The molecule has 4 aliphatic rings. The maximum absolute atomic E-state index is 12.5. The second-order valence-electron chi connectivity index (χ2n) is 7.95. The quantitative estimate of drug-likeness (QED) is 0.670. The van der Waals surface area contributed by atoms with Gasteiger partial charge in [0, 0.05) is 24.2 Å². The van der Waals surface area contributed by atoms with Gasteiger partial charge in [0.05, 0.1) is 4.92 Å². The summed E-state index contributed by atoms with van der Waals surface area (Å²) in [6, 6.07) is 6.19. The molecule has 0 spiro atoms. The van der Waals surface area contributed by atoms with Crippen LogP contribution in [-0.2, 0) is 4.79 Å². The van der Waals surface area contributed by atoms with Crippen molar-refractivity contribution in [1.82, 2.24) is 0 Å². The first-order valence-corrected chi connectivity index (χ1v) is 8.56. The average Bonchev–Trinajstić information content (AvgIpc) is 2.45. The minimum absolute atomic E-state index is 0.00690. The third-order valence-corrected chi connectivity index (χ3v) is 6.04. The number of nitro benzene ring substituents is 1. The summed E-state index contributed by atoms with van der Waals surface area (Å²) in [4.78, 5) is 22.9. The van der Waals surface area contributed by atoms with Crippen molar-refractivity contribution in [2.24, 2.45) is 23.2 Å². The molecule has 4 aliphatic carbocycles. The molecule has 0 atom stereocenters. The maximum Gasteiger partial charge on any atom is 0.271 e. The maximum atomic E-state index is 12.5. The lowest BCUT2D eigenvalue weighted by atomic mass is 9.49. The van der Waals surface area contributed by atoms with Crippen LogP contribution >= 0.6 is 0 Å². The van der Waals surface area contributed by atoms with Gasteiger partial charge in [-0.2, -0.15) is 0 Å². The zero-order chi connectivity index (χ0) is 16.0. The number of hydrogen-bond acceptors (Lipinski definition) is 3. The number of nitrogens with zero attached hydrogens (tertiary/aromatic N) is 1. The molecule has 0 aromatic heterocycles. The van der Waals surface area contributed by atoms with E-state index in [-0.39, 0.29) is 17.0 Å². The fourth-order valence-electron chi connectivity index (χ4n) is 5.75. The molecule has 1 amide bonds. The van der Waals surface area contributed by atoms with Crippen molar-refractivity contribution >= 4 is 17.3 Å². The molecule has 5 rings (SSSR count). The van der Waals surface area contributed by atoms with Crippen LogP contribution in [0.25, 0.3) is 0 Å². The van der Waals surface area contributed by atoms with Crippen LogP contribution in [0.15, 0.2) is 24.3 Å².